The molecular formula is C10H13BrN2O3S. The Morgan fingerprint density at radius 2 is 2.24 bits per heavy atom. The molecule has 7 heteroatoms. The van der Waals surface area contributed by atoms with Gasteiger partial charge in [-0.15, -0.1) is 11.3 Å². The molecule has 1 aromatic heterocycles. The summed E-state index contributed by atoms with van der Waals surface area (Å²) in [5.74, 6) is -1.44. The molecule has 0 saturated carbocycles. The minimum Gasteiger partial charge on any atom is -0.480 e. The van der Waals surface area contributed by atoms with Gasteiger partial charge in [0.2, 0.25) is 5.91 Å². The number of hydrogen-bond donors (Lipinski definition) is 2. The predicted molar refractivity (Wildman–Crippen MR) is 68.7 cm³/mol. The zero-order valence-corrected chi connectivity index (χ0v) is 11.6. The maximum Gasteiger partial charge on any atom is 0.321 e. The van der Waals surface area contributed by atoms with E-state index in [1.54, 1.807) is 7.05 Å². The summed E-state index contributed by atoms with van der Waals surface area (Å²) in [5, 5.41) is 8.61. The van der Waals surface area contributed by atoms with E-state index in [0.29, 0.717) is 6.54 Å². The smallest absolute Gasteiger partial charge is 0.321 e. The molecule has 1 rings (SSSR count). The van der Waals surface area contributed by atoms with E-state index in [2.05, 4.69) is 15.9 Å². The fourth-order valence-electron chi connectivity index (χ4n) is 1.19. The first-order valence-electron chi connectivity index (χ1n) is 4.86. The number of nitrogens with zero attached hydrogens (tertiary/aromatic N) is 1. The molecule has 1 amide bonds. The van der Waals surface area contributed by atoms with Gasteiger partial charge in [-0.2, -0.15) is 0 Å². The van der Waals surface area contributed by atoms with Crippen LogP contribution in [0.25, 0.3) is 0 Å². The lowest BCUT2D eigenvalue weighted by molar-refractivity contribution is -0.142. The Morgan fingerprint density at radius 1 is 1.59 bits per heavy atom. The van der Waals surface area contributed by atoms with Crippen molar-refractivity contribution in [2.75, 3.05) is 7.05 Å². The summed E-state index contributed by atoms with van der Waals surface area (Å²) in [6.45, 7) is 0.460. The van der Waals surface area contributed by atoms with Gasteiger partial charge in [0.15, 0.2) is 0 Å². The first kappa shape index (κ1) is 14.1. The Morgan fingerprint density at radius 3 is 2.71 bits per heavy atom. The maximum atomic E-state index is 11.6. The summed E-state index contributed by atoms with van der Waals surface area (Å²) in [4.78, 5) is 24.7. The van der Waals surface area contributed by atoms with Gasteiger partial charge in [-0.05, 0) is 28.1 Å². The molecule has 1 aromatic rings. The summed E-state index contributed by atoms with van der Waals surface area (Å²) in [7, 11) is 1.63. The van der Waals surface area contributed by atoms with Gasteiger partial charge in [-0.3, -0.25) is 9.59 Å². The Kier molecular flexibility index (Phi) is 5.10. The number of carboxylic acid groups (broad SMARTS) is 1. The number of carboxylic acids is 1. The molecule has 0 aliphatic carbocycles. The normalized spacial score (nSPS) is 12.2. The third kappa shape index (κ3) is 4.45. The number of thiophene rings is 1. The molecule has 5 nitrogen and oxygen atoms in total. The first-order chi connectivity index (χ1) is 7.90. The van der Waals surface area contributed by atoms with Crippen LogP contribution < -0.4 is 5.73 Å². The lowest BCUT2D eigenvalue weighted by Crippen LogP contribution is -2.37. The summed E-state index contributed by atoms with van der Waals surface area (Å²) in [6, 6.07) is 2.68. The van der Waals surface area contributed by atoms with E-state index >= 15 is 0 Å². The summed E-state index contributed by atoms with van der Waals surface area (Å²) in [6.07, 6.45) is -0.182. The second-order valence-electron chi connectivity index (χ2n) is 3.60. The van der Waals surface area contributed by atoms with Crippen LogP contribution in [0.5, 0.6) is 0 Å². The molecule has 17 heavy (non-hydrogen) atoms. The van der Waals surface area contributed by atoms with Gasteiger partial charge >= 0.3 is 5.97 Å². The van der Waals surface area contributed by atoms with Crippen molar-refractivity contribution in [1.82, 2.24) is 4.90 Å². The van der Waals surface area contributed by atoms with E-state index in [9.17, 15) is 9.59 Å². The van der Waals surface area contributed by atoms with E-state index in [0.717, 1.165) is 8.66 Å². The van der Waals surface area contributed by atoms with Crippen LogP contribution in [0.15, 0.2) is 15.9 Å². The summed E-state index contributed by atoms with van der Waals surface area (Å²) in [5.41, 5.74) is 5.30. The van der Waals surface area contributed by atoms with Gasteiger partial charge in [0.05, 0.1) is 16.8 Å². The molecule has 0 spiro atoms. The molecule has 0 saturated heterocycles. The average molecular weight is 321 g/mol. The van der Waals surface area contributed by atoms with Gasteiger partial charge in [-0.25, -0.2) is 0 Å². The summed E-state index contributed by atoms with van der Waals surface area (Å²) < 4.78 is 0.996. The molecule has 0 aromatic carbocycles. The Bertz CT molecular complexity index is 421. The number of hydrogen-bond acceptors (Lipinski definition) is 4. The minimum atomic E-state index is -1.16. The van der Waals surface area contributed by atoms with Crippen molar-refractivity contribution in [3.63, 3.8) is 0 Å². The second-order valence-corrected chi connectivity index (χ2v) is 6.15. The van der Waals surface area contributed by atoms with Crippen LogP contribution in [0, 0.1) is 0 Å². The molecule has 1 heterocycles. The van der Waals surface area contributed by atoms with E-state index in [1.165, 1.54) is 16.2 Å². The highest BCUT2D eigenvalue weighted by Gasteiger charge is 2.19. The monoisotopic (exact) mass is 320 g/mol. The Balaban J connectivity index is 2.50. The lowest BCUT2D eigenvalue weighted by atomic mass is 10.2. The van der Waals surface area contributed by atoms with Gasteiger partial charge in [-0.1, -0.05) is 0 Å². The van der Waals surface area contributed by atoms with E-state index in [-0.39, 0.29) is 12.3 Å². The number of halogens is 1. The number of aliphatic carboxylic acids is 1. The van der Waals surface area contributed by atoms with E-state index < -0.39 is 12.0 Å². The Hall–Kier alpha value is -0.920. The highest BCUT2D eigenvalue weighted by atomic mass is 79.9. The SMILES string of the molecule is CN(Cc1ccc(Br)s1)C(=O)CC(N)C(=O)O. The molecule has 1 unspecified atom stereocenters. The van der Waals surface area contributed by atoms with Gasteiger partial charge in [0.25, 0.3) is 0 Å². The van der Waals surface area contributed by atoms with Crippen LogP contribution in [-0.2, 0) is 16.1 Å². The topological polar surface area (TPSA) is 83.6 Å². The van der Waals surface area contributed by atoms with Crippen molar-refractivity contribution in [3.05, 3.63) is 20.8 Å². The van der Waals surface area contributed by atoms with Crippen molar-refractivity contribution in [2.24, 2.45) is 5.73 Å². The zero-order valence-electron chi connectivity index (χ0n) is 9.22. The van der Waals surface area contributed by atoms with Crippen molar-refractivity contribution in [3.8, 4) is 0 Å². The largest absolute Gasteiger partial charge is 0.480 e. The molecule has 94 valence electrons. The van der Waals surface area contributed by atoms with Gasteiger partial charge in [0.1, 0.15) is 6.04 Å². The average Bonchev–Trinajstić information content (AvgIpc) is 2.63. The van der Waals surface area contributed by atoms with Crippen molar-refractivity contribution >= 4 is 39.1 Å². The van der Waals surface area contributed by atoms with Crippen LogP contribution in [-0.4, -0.2) is 35.0 Å². The maximum absolute atomic E-state index is 11.6. The number of amides is 1. The number of rotatable bonds is 5. The predicted octanol–water partition coefficient (Wildman–Crippen LogP) is 1.27. The van der Waals surface area contributed by atoms with E-state index in [1.807, 2.05) is 12.1 Å². The molecular weight excluding hydrogens is 308 g/mol. The highest BCUT2D eigenvalue weighted by molar-refractivity contribution is 9.11. The first-order valence-corrected chi connectivity index (χ1v) is 6.47. The van der Waals surface area contributed by atoms with Gasteiger partial charge < -0.3 is 15.7 Å². The zero-order chi connectivity index (χ0) is 13.0. The third-order valence-electron chi connectivity index (χ3n) is 2.16. The lowest BCUT2D eigenvalue weighted by Gasteiger charge is -2.17. The molecule has 1 atom stereocenters. The van der Waals surface area contributed by atoms with Crippen molar-refractivity contribution in [1.29, 1.82) is 0 Å². The molecule has 0 fully saturated rings. The van der Waals surface area contributed by atoms with Crippen LogP contribution in [0.2, 0.25) is 0 Å². The fourth-order valence-corrected chi connectivity index (χ4v) is 2.73. The van der Waals surface area contributed by atoms with Gasteiger partial charge in [0, 0.05) is 11.9 Å². The molecule has 0 bridgehead atoms. The van der Waals surface area contributed by atoms with Crippen LogP contribution in [0.1, 0.15) is 11.3 Å². The second kappa shape index (κ2) is 6.13. The molecule has 3 N–H and O–H groups in total. The quantitative estimate of drug-likeness (QED) is 0.855. The third-order valence-corrected chi connectivity index (χ3v) is 3.77. The number of nitrogens with two attached hydrogens (primary N) is 1. The van der Waals surface area contributed by atoms with E-state index in [4.69, 9.17) is 10.8 Å². The number of carbonyl (C=O) groups is 2. The minimum absolute atomic E-state index is 0.182. The van der Waals surface area contributed by atoms with Crippen molar-refractivity contribution in [2.45, 2.75) is 19.0 Å². The molecule has 0 aliphatic rings. The van der Waals surface area contributed by atoms with Crippen LogP contribution in [0.3, 0.4) is 0 Å². The van der Waals surface area contributed by atoms with Crippen molar-refractivity contribution < 1.29 is 14.7 Å². The number of carbonyl (C=O) groups excluding carboxylic acids is 1. The Labute approximate surface area is 111 Å². The highest BCUT2D eigenvalue weighted by Crippen LogP contribution is 2.23. The fraction of sp³-hybridized carbons (Fsp3) is 0.400. The van der Waals surface area contributed by atoms with Crippen LogP contribution >= 0.6 is 27.3 Å². The standard InChI is InChI=1S/C10H13BrN2O3S/c1-13(5-6-2-3-8(11)17-6)9(14)4-7(12)10(15)16/h2-3,7H,4-5,12H2,1H3,(H,15,16). The molecule has 0 aliphatic heterocycles. The molecule has 0 radical (unpaired) electrons. The van der Waals surface area contributed by atoms with Crippen LogP contribution in [0.4, 0.5) is 0 Å². The summed E-state index contributed by atoms with van der Waals surface area (Å²) >= 11 is 4.87.